The number of rotatable bonds is 7. The van der Waals surface area contributed by atoms with Crippen LogP contribution >= 0.6 is 16.3 Å². The molecule has 2 atom stereocenters. The van der Waals surface area contributed by atoms with Gasteiger partial charge in [0.15, 0.2) is 5.85 Å². The molecular weight excluding hydrogens is 310 g/mol. The van der Waals surface area contributed by atoms with Crippen LogP contribution in [0.15, 0.2) is 42.9 Å². The second-order valence-electron chi connectivity index (χ2n) is 4.67. The van der Waals surface area contributed by atoms with Crippen molar-refractivity contribution in [2.75, 3.05) is 6.16 Å². The Bertz CT molecular complexity index is 612. The van der Waals surface area contributed by atoms with E-state index in [0.29, 0.717) is 0 Å². The largest absolute Gasteiger partial charge is 0.380 e. The summed E-state index contributed by atoms with van der Waals surface area (Å²) >= 11 is 0. The lowest BCUT2D eigenvalue weighted by Crippen LogP contribution is -2.10. The second-order valence-corrected chi connectivity index (χ2v) is 7.65. The van der Waals surface area contributed by atoms with Crippen LogP contribution in [0.5, 0.6) is 0 Å². The van der Waals surface area contributed by atoms with E-state index in [4.69, 9.17) is 9.79 Å². The summed E-state index contributed by atoms with van der Waals surface area (Å²) in [6.45, 7) is 0. The number of imidazole rings is 1. The molecule has 0 fully saturated rings. The summed E-state index contributed by atoms with van der Waals surface area (Å²) in [5.74, 6) is -1.61. The Morgan fingerprint density at radius 2 is 1.95 bits per heavy atom. The zero-order valence-electron chi connectivity index (χ0n) is 11.3. The molecule has 6 nitrogen and oxygen atoms in total. The van der Waals surface area contributed by atoms with E-state index in [0.717, 1.165) is 18.5 Å². The van der Waals surface area contributed by atoms with Crippen LogP contribution in [0.25, 0.3) is 0 Å². The Kier molecular flexibility index (Phi) is 5.68. The van der Waals surface area contributed by atoms with Crippen molar-refractivity contribution in [2.45, 2.75) is 18.7 Å². The van der Waals surface area contributed by atoms with Crippen LogP contribution in [0.4, 0.5) is 0 Å². The number of benzene rings is 1. The van der Waals surface area contributed by atoms with Crippen LogP contribution in [0.1, 0.15) is 11.3 Å². The van der Waals surface area contributed by atoms with E-state index in [2.05, 4.69) is 17.1 Å². The molecule has 3 N–H and O–H groups in total. The molecule has 0 spiro atoms. The number of aliphatic hydroxyl groups is 1. The van der Waals surface area contributed by atoms with Gasteiger partial charge in [-0.1, -0.05) is 30.3 Å². The summed E-state index contributed by atoms with van der Waals surface area (Å²) in [6, 6.07) is 10.1. The molecule has 1 heterocycles. The van der Waals surface area contributed by atoms with E-state index < -0.39 is 13.4 Å². The first kappa shape index (κ1) is 16.3. The normalized spacial score (nSPS) is 13.9. The molecule has 2 aromatic rings. The van der Waals surface area contributed by atoms with Gasteiger partial charge >= 0.3 is 7.60 Å². The predicted octanol–water partition coefficient (Wildman–Crippen LogP) is 1.61. The highest BCUT2D eigenvalue weighted by molar-refractivity contribution is 7.53. The van der Waals surface area contributed by atoms with Crippen molar-refractivity contribution in [3.05, 3.63) is 54.1 Å². The maximum Gasteiger partial charge on any atom is 0.354 e. The van der Waals surface area contributed by atoms with Crippen LogP contribution in [0.2, 0.25) is 0 Å². The van der Waals surface area contributed by atoms with Crippen molar-refractivity contribution in [1.29, 1.82) is 0 Å². The second kappa shape index (κ2) is 7.30. The number of aryl methyl sites for hydroxylation is 2. The molecule has 114 valence electrons. The summed E-state index contributed by atoms with van der Waals surface area (Å²) in [5, 5.41) is 9.39. The summed E-state index contributed by atoms with van der Waals surface area (Å²) in [4.78, 5) is 21.8. The first-order chi connectivity index (χ1) is 9.97. The third-order valence-corrected chi connectivity index (χ3v) is 5.68. The minimum absolute atomic E-state index is 0.0268. The van der Waals surface area contributed by atoms with Crippen molar-refractivity contribution in [1.82, 2.24) is 9.32 Å². The van der Waals surface area contributed by atoms with E-state index in [1.807, 2.05) is 22.5 Å². The van der Waals surface area contributed by atoms with Crippen molar-refractivity contribution in [2.24, 2.45) is 0 Å². The highest BCUT2D eigenvalue weighted by Crippen LogP contribution is 2.42. The molecule has 0 aliphatic rings. The van der Waals surface area contributed by atoms with Gasteiger partial charge in [-0.25, -0.2) is 4.98 Å². The maximum atomic E-state index is 10.9. The highest BCUT2D eigenvalue weighted by Gasteiger charge is 2.25. The van der Waals surface area contributed by atoms with Crippen LogP contribution in [0, 0.1) is 0 Å². The standard InChI is InChI=1S/C13H18N2O4P2/c16-13(21(17,18)19)9-20-15-10-14-8-12(15)7-6-11-4-2-1-3-5-11/h1-5,8,10,13,16,20H,6-7,9H2,(H2,17,18,19). The van der Waals surface area contributed by atoms with Gasteiger partial charge in [0.25, 0.3) is 0 Å². The van der Waals surface area contributed by atoms with Crippen molar-refractivity contribution in [3.63, 3.8) is 0 Å². The van der Waals surface area contributed by atoms with Crippen molar-refractivity contribution in [3.8, 4) is 0 Å². The molecular formula is C13H18N2O4P2. The molecule has 0 radical (unpaired) electrons. The first-order valence-corrected chi connectivity index (χ1v) is 9.32. The quantitative estimate of drug-likeness (QED) is 0.671. The van der Waals surface area contributed by atoms with E-state index in [9.17, 15) is 9.67 Å². The number of hydrogen-bond acceptors (Lipinski definition) is 3. The fourth-order valence-corrected chi connectivity index (χ4v) is 3.94. The Morgan fingerprint density at radius 1 is 1.24 bits per heavy atom. The zero-order valence-corrected chi connectivity index (χ0v) is 13.2. The zero-order chi connectivity index (χ0) is 15.3. The lowest BCUT2D eigenvalue weighted by molar-refractivity contribution is 0.220. The predicted molar refractivity (Wildman–Crippen MR) is 82.7 cm³/mol. The maximum absolute atomic E-state index is 10.9. The average molecular weight is 328 g/mol. The van der Waals surface area contributed by atoms with E-state index in [1.54, 1.807) is 12.5 Å². The number of aliphatic hydroxyl groups excluding tert-OH is 1. The Balaban J connectivity index is 1.91. The van der Waals surface area contributed by atoms with Crippen LogP contribution < -0.4 is 0 Å². The number of aromatic nitrogens is 2. The topological polar surface area (TPSA) is 95.6 Å². The summed E-state index contributed by atoms with van der Waals surface area (Å²) in [7, 11) is -4.36. The van der Waals surface area contributed by atoms with Gasteiger partial charge in [-0.05, 0) is 27.1 Å². The van der Waals surface area contributed by atoms with Gasteiger partial charge < -0.3 is 19.2 Å². The summed E-state index contributed by atoms with van der Waals surface area (Å²) in [5.41, 5.74) is 2.22. The molecule has 0 saturated heterocycles. The minimum atomic E-state index is -4.42. The van der Waals surface area contributed by atoms with Gasteiger partial charge in [-0.3, -0.25) is 4.57 Å². The minimum Gasteiger partial charge on any atom is -0.380 e. The SMILES string of the molecule is O=P(O)(O)C(O)CPn1cncc1CCc1ccccc1. The average Bonchev–Trinajstić information content (AvgIpc) is 2.90. The van der Waals surface area contributed by atoms with Gasteiger partial charge in [0.1, 0.15) is 0 Å². The summed E-state index contributed by atoms with van der Waals surface area (Å²) < 4.78 is 12.8. The molecule has 0 bridgehead atoms. The Labute approximate surface area is 124 Å². The highest BCUT2D eigenvalue weighted by atomic mass is 31.2. The van der Waals surface area contributed by atoms with Crippen molar-refractivity contribution >= 4 is 16.3 Å². The molecule has 2 rings (SSSR count). The number of hydrogen-bond donors (Lipinski definition) is 3. The summed E-state index contributed by atoms with van der Waals surface area (Å²) in [6.07, 6.45) is 5.07. The van der Waals surface area contributed by atoms with Crippen LogP contribution in [0.3, 0.4) is 0 Å². The van der Waals surface area contributed by atoms with Crippen LogP contribution in [-0.4, -0.2) is 36.2 Å². The van der Waals surface area contributed by atoms with E-state index in [1.165, 1.54) is 5.56 Å². The molecule has 1 aromatic heterocycles. The van der Waals surface area contributed by atoms with Gasteiger partial charge in [-0.15, -0.1) is 0 Å². The third kappa shape index (κ3) is 5.03. The van der Waals surface area contributed by atoms with Gasteiger partial charge in [0.2, 0.25) is 0 Å². The molecule has 8 heteroatoms. The fourth-order valence-electron chi connectivity index (χ4n) is 1.87. The molecule has 2 unspecified atom stereocenters. The molecule has 0 amide bonds. The van der Waals surface area contributed by atoms with Gasteiger partial charge in [0.05, 0.1) is 6.33 Å². The smallest absolute Gasteiger partial charge is 0.354 e. The third-order valence-electron chi connectivity index (χ3n) is 3.06. The Hall–Kier alpha value is -1.03. The monoisotopic (exact) mass is 328 g/mol. The van der Waals surface area contributed by atoms with E-state index in [-0.39, 0.29) is 14.9 Å². The molecule has 0 aliphatic heterocycles. The Morgan fingerprint density at radius 3 is 2.62 bits per heavy atom. The van der Waals surface area contributed by atoms with E-state index >= 15 is 0 Å². The fraction of sp³-hybridized carbons (Fsp3) is 0.308. The van der Waals surface area contributed by atoms with Gasteiger partial charge in [-0.2, -0.15) is 0 Å². The molecule has 0 saturated carbocycles. The molecule has 21 heavy (non-hydrogen) atoms. The van der Waals surface area contributed by atoms with Crippen LogP contribution in [-0.2, 0) is 17.4 Å². The lowest BCUT2D eigenvalue weighted by atomic mass is 10.1. The van der Waals surface area contributed by atoms with Crippen molar-refractivity contribution < 1.29 is 19.5 Å². The lowest BCUT2D eigenvalue weighted by Gasteiger charge is -2.13. The number of nitrogens with zero attached hydrogens (tertiary/aromatic N) is 2. The molecule has 0 aliphatic carbocycles. The molecule has 1 aromatic carbocycles. The first-order valence-electron chi connectivity index (χ1n) is 6.49. The van der Waals surface area contributed by atoms with Gasteiger partial charge in [0, 0.05) is 18.1 Å².